The number of carbonyl (C=O) groups is 8. The number of allylic oxidation sites excluding steroid dienone is 1. The lowest BCUT2D eigenvalue weighted by Gasteiger charge is -2.53. The molecule has 5 amide bonds. The lowest BCUT2D eigenvalue weighted by molar-refractivity contribution is -0.405. The van der Waals surface area contributed by atoms with Crippen LogP contribution in [0.1, 0.15) is 241 Å². The maximum Gasteiger partial charge on any atom is 0.364 e. The molecule has 0 radical (unpaired) electrons. The predicted molar refractivity (Wildman–Crippen MR) is 516 cm³/mol. The van der Waals surface area contributed by atoms with Crippen LogP contribution >= 0.6 is 0 Å². The van der Waals surface area contributed by atoms with E-state index in [1.807, 2.05) is 0 Å². The Bertz CT molecular complexity index is 3930. The summed E-state index contributed by atoms with van der Waals surface area (Å²) in [7, 11) is 0. The molecule has 7 heterocycles. The zero-order chi connectivity index (χ0) is 109. The average molecular weight is 2180 g/mol. The van der Waals surface area contributed by atoms with Crippen LogP contribution in [0.15, 0.2) is 12.2 Å². The lowest BCUT2D eigenvalue weighted by atomic mass is 9.87. The van der Waals surface area contributed by atoms with Crippen molar-refractivity contribution in [2.75, 3.05) is 52.9 Å². The van der Waals surface area contributed by atoms with E-state index < -0.39 is 363 Å². The molecule has 0 bridgehead atoms. The highest BCUT2D eigenvalue weighted by Crippen LogP contribution is 2.45. The Morgan fingerprint density at radius 3 is 1.11 bits per heavy atom. The molecule has 40 atom stereocenters. The highest BCUT2D eigenvalue weighted by atomic mass is 16.8. The summed E-state index contributed by atoms with van der Waals surface area (Å²) >= 11 is 0. The van der Waals surface area contributed by atoms with E-state index in [0.717, 1.165) is 111 Å². The van der Waals surface area contributed by atoms with E-state index in [1.54, 1.807) is 6.08 Å². The molecule has 7 rings (SSSR count). The third-order valence-electron chi connectivity index (χ3n) is 27.6. The summed E-state index contributed by atoms with van der Waals surface area (Å²) in [5.74, 6) is -22.1. The number of hydrogen-bond donors (Lipinski definition) is 33. The first kappa shape index (κ1) is 136. The first-order chi connectivity index (χ1) is 69.9. The zero-order valence-electron chi connectivity index (χ0n) is 86.4. The molecule has 55 nitrogen and oxygen atoms in total. The Kier molecular flexibility index (Phi) is 61.1. The zero-order valence-corrected chi connectivity index (χ0v) is 86.4. The highest BCUT2D eigenvalue weighted by Gasteiger charge is 2.66. The van der Waals surface area contributed by atoms with Crippen molar-refractivity contribution in [2.24, 2.45) is 0 Å². The van der Waals surface area contributed by atoms with Crippen LogP contribution in [0, 0.1) is 0 Å². The number of carbonyl (C=O) groups excluding carboxylic acids is 5. The number of aliphatic hydroxyl groups is 22. The van der Waals surface area contributed by atoms with Crippen molar-refractivity contribution < 1.29 is 232 Å². The minimum Gasteiger partial charge on any atom is -0.477 e. The minimum absolute atomic E-state index is 0. The molecule has 150 heavy (non-hydrogen) atoms. The fourth-order valence-corrected chi connectivity index (χ4v) is 19.5. The van der Waals surface area contributed by atoms with Crippen LogP contribution in [0.4, 0.5) is 0 Å². The van der Waals surface area contributed by atoms with Crippen molar-refractivity contribution in [3.05, 3.63) is 12.2 Å². The third-order valence-corrected chi connectivity index (χ3v) is 27.6. The van der Waals surface area contributed by atoms with Crippen LogP contribution in [-0.2, 0) is 105 Å². The first-order valence-corrected chi connectivity index (χ1v) is 51.4. The number of carboxylic acids is 3. The van der Waals surface area contributed by atoms with Gasteiger partial charge in [0.15, 0.2) is 25.2 Å². The molecule has 0 saturated carbocycles. The molecule has 876 valence electrons. The number of unbranched alkanes of at least 4 members (excludes halogenated alkanes) is 25. The maximum absolute atomic E-state index is 14.6. The molecule has 37 unspecified atom stereocenters. The van der Waals surface area contributed by atoms with E-state index in [2.05, 4.69) is 40.4 Å². The van der Waals surface area contributed by atoms with E-state index >= 15 is 0 Å². The maximum atomic E-state index is 14.6. The predicted octanol–water partition coefficient (Wildman–Crippen LogP) is -6.21. The fourth-order valence-electron chi connectivity index (χ4n) is 19.5. The van der Waals surface area contributed by atoms with E-state index in [9.17, 15) is 166 Å². The van der Waals surface area contributed by atoms with Crippen molar-refractivity contribution in [1.82, 2.24) is 45.0 Å². The largest absolute Gasteiger partial charge is 0.477 e. The van der Waals surface area contributed by atoms with E-state index in [4.69, 9.17) is 66.3 Å². The van der Waals surface area contributed by atoms with Crippen LogP contribution in [0.2, 0.25) is 0 Å². The smallest absolute Gasteiger partial charge is 0.364 e. The van der Waals surface area contributed by atoms with Gasteiger partial charge in [-0.15, -0.1) is 0 Å². The van der Waals surface area contributed by atoms with Crippen LogP contribution < -0.4 is 45.0 Å². The molecule has 0 aromatic heterocycles. The van der Waals surface area contributed by atoms with Crippen molar-refractivity contribution in [2.45, 2.75) is 484 Å². The van der Waals surface area contributed by atoms with Crippen molar-refractivity contribution in [3.63, 3.8) is 0 Å². The van der Waals surface area contributed by atoms with E-state index in [-0.39, 0.29) is 24.9 Å². The SMILES string of the molecule is CCCCCCCCCCCCCC=CC(O)C(COC1OC(CO)C(OC2OC(CO)C(OC3OC(CO)C(O)C(OC4OC(CO)C(O)C(O[C@]5(C(=O)O)CC(O)C(NC(C)=O)C(C(O)C(O)CO)O5)C4O)C3NC(C)=O)C(O[C@]3(C(=O)O)CC(O)C(NC(C)=O)C(C(O)C(CO)O[C@]4(C(=O)O)CC(O)C(NC(C)=O)C(C(O)C(O)CO)O4)O3)C2O)C(O)C1O)NC(=O)CCCCCCCCCCCCCCCCC.N.N.N. The number of aliphatic hydroxyl groups excluding tert-OH is 22. The van der Waals surface area contributed by atoms with Crippen molar-refractivity contribution >= 4 is 47.4 Å². The van der Waals surface area contributed by atoms with Gasteiger partial charge in [0.25, 0.3) is 17.4 Å². The first-order valence-electron chi connectivity index (χ1n) is 51.4. The van der Waals surface area contributed by atoms with Gasteiger partial charge in [0.05, 0.1) is 101 Å². The molecular formula is C95H174N8O47. The van der Waals surface area contributed by atoms with Gasteiger partial charge in [-0.2, -0.15) is 0 Å². The highest BCUT2D eigenvalue weighted by molar-refractivity contribution is 5.79. The molecular weight excluding hydrogens is 2010 g/mol. The summed E-state index contributed by atoms with van der Waals surface area (Å²) in [6, 6.07) is -9.38. The summed E-state index contributed by atoms with van der Waals surface area (Å²) in [4.78, 5) is 107. The number of nitrogens with one attached hydrogen (secondary N) is 5. The van der Waals surface area contributed by atoms with Gasteiger partial charge in [-0.3, -0.25) is 24.0 Å². The fraction of sp³-hybridized carbons (Fsp3) is 0.895. The van der Waals surface area contributed by atoms with Crippen LogP contribution in [0.3, 0.4) is 0 Å². The number of ether oxygens (including phenoxy) is 14. The Hall–Kier alpha value is -6.06. The Balaban J connectivity index is 0.0000156. The lowest BCUT2D eigenvalue weighted by Crippen LogP contribution is -2.73. The summed E-state index contributed by atoms with van der Waals surface area (Å²) in [6.45, 7) is -2.28. The van der Waals surface area contributed by atoms with Gasteiger partial charge in [-0.1, -0.05) is 180 Å². The van der Waals surface area contributed by atoms with Gasteiger partial charge in [-0.05, 0) is 19.3 Å². The van der Waals surface area contributed by atoms with Gasteiger partial charge in [0, 0.05) is 53.4 Å². The second-order valence-electron chi connectivity index (χ2n) is 39.2. The standard InChI is InChI=1S/C95H165N5O47.3H3N/c1-7-9-11-13-15-17-19-21-22-24-26-28-30-32-34-36-64(118)100-52(53(112)35-33-31-29-27-25-23-20-18-16-14-12-10-8-2)47-134-87-75(125)74(124)78(62(45-106)137-87)139-89-77(127)85(147-95(92(132)133)39-56(115)67(98-50(5)110)83(145-95)73(123)61(44-105)142-93(90(128)129)37-54(113)65(96-48(3)108)81(143-93)69(119)57(116)40-101)79(63(46-107)138-89)140-86-68(99-51(6)111)80(71(121)59(42-103)135-86)141-88-76(126)84(72(122)60(43-104)136-88)146-94(91(130)131)38-55(114)66(97-49(4)109)82(144-94)70(120)58(117)41-102;;;/h33,35,52-63,65-89,101-107,112-117,119-127H,7-32,34,36-47H2,1-6H3,(H,96,108)(H,97,109)(H,98,110)(H,99,111)(H,100,118)(H,128,129)(H,130,131)(H,132,133);3*1H3/t52?,53?,54?,55?,56?,57?,58?,59?,60?,61?,62?,63?,65?,66?,67?,68?,69?,70?,71?,72?,73?,74?,75?,76?,77?,78?,79?,80?,81?,82?,83?,84?,85?,86?,87?,88?,89?,93-,94+,95+;;;/m1.../s1. The van der Waals surface area contributed by atoms with E-state index in [1.165, 1.54) is 83.1 Å². The van der Waals surface area contributed by atoms with Gasteiger partial charge in [-0.25, -0.2) is 14.4 Å². The second kappa shape index (κ2) is 67.2. The Labute approximate surface area is 870 Å². The minimum atomic E-state index is -3.81. The summed E-state index contributed by atoms with van der Waals surface area (Å²) in [5.41, 5.74) is 0. The number of rotatable bonds is 66. The van der Waals surface area contributed by atoms with Gasteiger partial charge in [0.2, 0.25) is 29.5 Å². The van der Waals surface area contributed by atoms with Gasteiger partial charge in [0.1, 0.15) is 153 Å². The summed E-state index contributed by atoms with van der Waals surface area (Å²) in [6.07, 6.45) is -48.1. The van der Waals surface area contributed by atoms with Gasteiger partial charge >= 0.3 is 17.9 Å². The molecule has 7 aliphatic heterocycles. The molecule has 0 aromatic rings. The average Bonchev–Trinajstić information content (AvgIpc) is 0.742. The molecule has 0 aliphatic carbocycles. The molecule has 39 N–H and O–H groups in total. The number of carboxylic acid groups (broad SMARTS) is 3. The number of aliphatic carboxylic acids is 3. The number of hydrogen-bond acceptors (Lipinski definition) is 47. The van der Waals surface area contributed by atoms with Crippen molar-refractivity contribution in [1.29, 1.82) is 0 Å². The molecule has 7 aliphatic rings. The van der Waals surface area contributed by atoms with E-state index in [0.29, 0.717) is 12.8 Å². The molecule has 7 saturated heterocycles. The Morgan fingerprint density at radius 1 is 0.367 bits per heavy atom. The normalized spacial score (nSPS) is 34.8. The number of amides is 5. The summed E-state index contributed by atoms with van der Waals surface area (Å²) < 4.78 is 84.6. The monoisotopic (exact) mass is 2180 g/mol. The van der Waals surface area contributed by atoms with Crippen LogP contribution in [-0.4, -0.2) is 472 Å². The molecule has 7 fully saturated rings. The summed E-state index contributed by atoms with van der Waals surface area (Å²) in [5, 5.41) is 298. The molecule has 0 spiro atoms. The third kappa shape index (κ3) is 38.1. The van der Waals surface area contributed by atoms with Crippen LogP contribution in [0.25, 0.3) is 0 Å². The molecule has 55 heteroatoms. The Morgan fingerprint density at radius 2 is 0.707 bits per heavy atom. The van der Waals surface area contributed by atoms with Crippen LogP contribution in [0.5, 0.6) is 0 Å². The molecule has 0 aromatic carbocycles. The topological polar surface area (TPSA) is 937 Å². The second-order valence-corrected chi connectivity index (χ2v) is 39.2. The van der Waals surface area contributed by atoms with Crippen molar-refractivity contribution in [3.8, 4) is 0 Å². The van der Waals surface area contributed by atoms with Gasteiger partial charge < -0.3 is 239 Å². The quantitative estimate of drug-likeness (QED) is 0.0199.